The lowest BCUT2D eigenvalue weighted by molar-refractivity contribution is 0.102. The van der Waals surface area contributed by atoms with Crippen LogP contribution in [0.5, 0.6) is 0 Å². The highest BCUT2D eigenvalue weighted by molar-refractivity contribution is 6.04. The lowest BCUT2D eigenvalue weighted by Crippen LogP contribution is -2.14. The maximum atomic E-state index is 12.5. The van der Waals surface area contributed by atoms with E-state index in [4.69, 9.17) is 0 Å². The van der Waals surface area contributed by atoms with Crippen LogP contribution in [0.3, 0.4) is 0 Å². The Morgan fingerprint density at radius 3 is 2.52 bits per heavy atom. The summed E-state index contributed by atoms with van der Waals surface area (Å²) in [5.74, 6) is -0.206. The van der Waals surface area contributed by atoms with E-state index in [0.717, 1.165) is 22.4 Å². The van der Waals surface area contributed by atoms with Gasteiger partial charge in [0.2, 0.25) is 0 Å². The molecule has 0 fully saturated rings. The van der Waals surface area contributed by atoms with Crippen LogP contribution in [-0.2, 0) is 0 Å². The molecule has 2 N–H and O–H groups in total. The van der Waals surface area contributed by atoms with Gasteiger partial charge < -0.3 is 5.32 Å². The molecule has 0 saturated heterocycles. The summed E-state index contributed by atoms with van der Waals surface area (Å²) in [6.45, 7) is 6.02. The van der Waals surface area contributed by atoms with Gasteiger partial charge in [0.1, 0.15) is 5.69 Å². The zero-order chi connectivity index (χ0) is 16.4. The van der Waals surface area contributed by atoms with Gasteiger partial charge in [0.25, 0.3) is 5.91 Å². The highest BCUT2D eigenvalue weighted by Crippen LogP contribution is 2.23. The quantitative estimate of drug-likeness (QED) is 0.776. The molecule has 3 rings (SSSR count). The Bertz CT molecular complexity index is 829. The molecule has 0 spiro atoms. The molecule has 0 aliphatic rings. The fourth-order valence-corrected chi connectivity index (χ4v) is 2.66. The molecule has 0 radical (unpaired) electrons. The molecule has 2 aromatic heterocycles. The Labute approximate surface area is 134 Å². The van der Waals surface area contributed by atoms with E-state index in [1.165, 1.54) is 5.56 Å². The second-order valence-electron chi connectivity index (χ2n) is 5.64. The number of amides is 1. The first-order valence-corrected chi connectivity index (χ1v) is 7.39. The number of aromatic nitrogens is 3. The number of carbonyl (C=O) groups is 1. The van der Waals surface area contributed by atoms with Crippen molar-refractivity contribution in [2.75, 3.05) is 5.32 Å². The molecule has 5 heteroatoms. The highest BCUT2D eigenvalue weighted by atomic mass is 16.1. The van der Waals surface area contributed by atoms with Gasteiger partial charge in [-0.25, -0.2) is 0 Å². The largest absolute Gasteiger partial charge is 0.320 e. The summed E-state index contributed by atoms with van der Waals surface area (Å²) in [4.78, 5) is 16.5. The molecule has 0 atom stereocenters. The monoisotopic (exact) mass is 306 g/mol. The predicted octanol–water partition coefficient (Wildman–Crippen LogP) is 3.65. The normalized spacial score (nSPS) is 10.6. The van der Waals surface area contributed by atoms with Gasteiger partial charge in [0.05, 0.1) is 5.69 Å². The lowest BCUT2D eigenvalue weighted by atomic mass is 10.0. The summed E-state index contributed by atoms with van der Waals surface area (Å²) in [7, 11) is 0. The lowest BCUT2D eigenvalue weighted by Gasteiger charge is -2.12. The van der Waals surface area contributed by atoms with E-state index in [-0.39, 0.29) is 5.91 Å². The molecule has 0 aliphatic carbocycles. The van der Waals surface area contributed by atoms with Gasteiger partial charge >= 0.3 is 0 Å². The van der Waals surface area contributed by atoms with Crippen LogP contribution < -0.4 is 5.32 Å². The summed E-state index contributed by atoms with van der Waals surface area (Å²) in [5.41, 5.74) is 6.09. The summed E-state index contributed by atoms with van der Waals surface area (Å²) >= 11 is 0. The predicted molar refractivity (Wildman–Crippen MR) is 90.4 cm³/mol. The minimum absolute atomic E-state index is 0.206. The van der Waals surface area contributed by atoms with Gasteiger partial charge in [-0.15, -0.1) is 0 Å². The Hall–Kier alpha value is -2.95. The molecule has 2 heterocycles. The molecule has 1 aromatic carbocycles. The van der Waals surface area contributed by atoms with E-state index in [1.54, 1.807) is 18.5 Å². The van der Waals surface area contributed by atoms with E-state index in [2.05, 4.69) is 32.6 Å². The van der Waals surface area contributed by atoms with Gasteiger partial charge in [-0.2, -0.15) is 5.10 Å². The number of nitrogens with one attached hydrogen (secondary N) is 2. The van der Waals surface area contributed by atoms with Crippen LogP contribution in [0, 0.1) is 20.8 Å². The van der Waals surface area contributed by atoms with Gasteiger partial charge in [-0.1, -0.05) is 17.7 Å². The summed E-state index contributed by atoms with van der Waals surface area (Å²) < 4.78 is 0. The van der Waals surface area contributed by atoms with Crippen LogP contribution in [0.25, 0.3) is 11.3 Å². The first kappa shape index (κ1) is 15.0. The number of pyridine rings is 1. The number of anilines is 1. The van der Waals surface area contributed by atoms with Gasteiger partial charge in [0.15, 0.2) is 0 Å². The van der Waals surface area contributed by atoms with E-state index in [1.807, 2.05) is 32.9 Å². The average molecular weight is 306 g/mol. The molecule has 116 valence electrons. The first-order chi connectivity index (χ1) is 11.0. The minimum atomic E-state index is -0.206. The Morgan fingerprint density at radius 2 is 1.87 bits per heavy atom. The third-order valence-electron chi connectivity index (χ3n) is 3.70. The number of nitrogens with zero attached hydrogens (tertiary/aromatic N) is 2. The van der Waals surface area contributed by atoms with E-state index < -0.39 is 0 Å². The summed E-state index contributed by atoms with van der Waals surface area (Å²) in [6, 6.07) is 9.57. The topological polar surface area (TPSA) is 70.7 Å². The number of hydrogen-bond donors (Lipinski definition) is 2. The molecule has 23 heavy (non-hydrogen) atoms. The zero-order valence-corrected chi connectivity index (χ0v) is 13.3. The van der Waals surface area contributed by atoms with Gasteiger partial charge in [-0.3, -0.25) is 14.9 Å². The standard InChI is InChI=1S/C18H18N4O/c1-11-7-12(2)17(13(3)8-11)20-18(23)16-9-15(21-22-16)14-5-4-6-19-10-14/h4-10H,1-3H3,(H,20,23)(H,21,22). The molecular formula is C18H18N4O. The summed E-state index contributed by atoms with van der Waals surface area (Å²) in [6.07, 6.45) is 3.42. The van der Waals surface area contributed by atoms with Crippen molar-refractivity contribution in [1.82, 2.24) is 15.2 Å². The minimum Gasteiger partial charge on any atom is -0.320 e. The molecule has 0 bridgehead atoms. The van der Waals surface area contributed by atoms with Crippen molar-refractivity contribution in [3.63, 3.8) is 0 Å². The van der Waals surface area contributed by atoms with Crippen molar-refractivity contribution in [1.29, 1.82) is 0 Å². The smallest absolute Gasteiger partial charge is 0.273 e. The molecule has 0 aliphatic heterocycles. The number of hydrogen-bond acceptors (Lipinski definition) is 3. The van der Waals surface area contributed by atoms with Crippen molar-refractivity contribution in [2.45, 2.75) is 20.8 Å². The fourth-order valence-electron chi connectivity index (χ4n) is 2.66. The van der Waals surface area contributed by atoms with Crippen molar-refractivity contribution >= 4 is 11.6 Å². The fraction of sp³-hybridized carbons (Fsp3) is 0.167. The molecule has 5 nitrogen and oxygen atoms in total. The second kappa shape index (κ2) is 6.04. The van der Waals surface area contributed by atoms with Crippen molar-refractivity contribution in [3.05, 3.63) is 65.1 Å². The number of carbonyl (C=O) groups excluding carboxylic acids is 1. The maximum absolute atomic E-state index is 12.5. The van der Waals surface area contributed by atoms with Crippen LogP contribution >= 0.6 is 0 Å². The highest BCUT2D eigenvalue weighted by Gasteiger charge is 2.13. The van der Waals surface area contributed by atoms with Crippen LogP contribution in [0.4, 0.5) is 5.69 Å². The number of benzene rings is 1. The van der Waals surface area contributed by atoms with Crippen LogP contribution in [0.2, 0.25) is 0 Å². The van der Waals surface area contributed by atoms with Gasteiger partial charge in [0, 0.05) is 23.6 Å². The molecule has 0 unspecified atom stereocenters. The third kappa shape index (κ3) is 3.13. The number of aryl methyl sites for hydroxylation is 3. The number of aromatic amines is 1. The molecule has 1 amide bonds. The third-order valence-corrected chi connectivity index (χ3v) is 3.70. The maximum Gasteiger partial charge on any atom is 0.273 e. The summed E-state index contributed by atoms with van der Waals surface area (Å²) in [5, 5.41) is 9.93. The van der Waals surface area contributed by atoms with E-state index >= 15 is 0 Å². The Balaban J connectivity index is 1.84. The zero-order valence-electron chi connectivity index (χ0n) is 13.3. The number of rotatable bonds is 3. The van der Waals surface area contributed by atoms with Gasteiger partial charge in [-0.05, 0) is 50.1 Å². The van der Waals surface area contributed by atoms with Crippen molar-refractivity contribution in [2.24, 2.45) is 0 Å². The Kier molecular flexibility index (Phi) is 3.93. The average Bonchev–Trinajstić information content (AvgIpc) is 3.01. The molecular weight excluding hydrogens is 288 g/mol. The molecule has 0 saturated carbocycles. The van der Waals surface area contributed by atoms with Crippen molar-refractivity contribution in [3.8, 4) is 11.3 Å². The van der Waals surface area contributed by atoms with E-state index in [0.29, 0.717) is 11.4 Å². The van der Waals surface area contributed by atoms with Crippen LogP contribution in [-0.4, -0.2) is 21.1 Å². The van der Waals surface area contributed by atoms with Crippen LogP contribution in [0.1, 0.15) is 27.2 Å². The number of H-pyrrole nitrogens is 1. The first-order valence-electron chi connectivity index (χ1n) is 7.39. The van der Waals surface area contributed by atoms with Crippen LogP contribution in [0.15, 0.2) is 42.7 Å². The SMILES string of the molecule is Cc1cc(C)c(NC(=O)c2cc(-c3cccnc3)n[nH]2)c(C)c1. The van der Waals surface area contributed by atoms with Crippen molar-refractivity contribution < 1.29 is 4.79 Å². The Morgan fingerprint density at radius 1 is 1.13 bits per heavy atom. The molecule has 3 aromatic rings. The second-order valence-corrected chi connectivity index (χ2v) is 5.64. The van der Waals surface area contributed by atoms with E-state index in [9.17, 15) is 4.79 Å².